The van der Waals surface area contributed by atoms with Crippen LogP contribution in [0.4, 0.5) is 11.4 Å². The highest BCUT2D eigenvalue weighted by molar-refractivity contribution is 6.11. The zero-order valence-corrected chi connectivity index (χ0v) is 25.6. The highest BCUT2D eigenvalue weighted by Gasteiger charge is 2.19. The Bertz CT molecular complexity index is 2350. The molecular weight excluding hydrogens is 558 g/mol. The fourth-order valence-electron chi connectivity index (χ4n) is 7.22. The molecule has 2 heteroatoms. The third-order valence-corrected chi connectivity index (χ3v) is 9.59. The number of hydrogen-bond donors (Lipinski definition) is 0. The molecule has 0 amide bonds. The summed E-state index contributed by atoms with van der Waals surface area (Å²) < 4.78 is 6.21. The van der Waals surface area contributed by atoms with Gasteiger partial charge >= 0.3 is 0 Å². The van der Waals surface area contributed by atoms with Crippen molar-refractivity contribution < 1.29 is 4.42 Å². The number of anilines is 2. The molecule has 1 aromatic heterocycles. The maximum Gasteiger partial charge on any atom is 0.136 e. The summed E-state index contributed by atoms with van der Waals surface area (Å²) in [6, 6.07) is 46.2. The summed E-state index contributed by atoms with van der Waals surface area (Å²) in [5.41, 5.74) is 13.3. The van der Waals surface area contributed by atoms with Crippen LogP contribution in [0.1, 0.15) is 36.0 Å². The Labute approximate surface area is 269 Å². The number of allylic oxidation sites excluding steroid dienone is 4. The maximum atomic E-state index is 6.21. The van der Waals surface area contributed by atoms with Crippen LogP contribution in [0.3, 0.4) is 0 Å². The number of para-hydroxylation sites is 1. The average molecular weight is 592 g/mol. The van der Waals surface area contributed by atoms with Gasteiger partial charge in [-0.25, -0.2) is 0 Å². The zero-order valence-electron chi connectivity index (χ0n) is 25.6. The van der Waals surface area contributed by atoms with E-state index in [2.05, 4.69) is 151 Å². The first-order chi connectivity index (χ1) is 22.8. The summed E-state index contributed by atoms with van der Waals surface area (Å²) in [6.45, 7) is 0. The molecule has 220 valence electrons. The Hall–Kier alpha value is -5.60. The second-order valence-corrected chi connectivity index (χ2v) is 12.4. The van der Waals surface area contributed by atoms with Gasteiger partial charge in [0.25, 0.3) is 0 Å². The summed E-state index contributed by atoms with van der Waals surface area (Å²) in [5.74, 6) is 0. The van der Waals surface area contributed by atoms with Crippen LogP contribution in [0.5, 0.6) is 0 Å². The summed E-state index contributed by atoms with van der Waals surface area (Å²) in [6.07, 6.45) is 13.5. The van der Waals surface area contributed by atoms with Crippen LogP contribution in [0.2, 0.25) is 0 Å². The van der Waals surface area contributed by atoms with E-state index in [0.717, 1.165) is 42.5 Å². The molecular formula is C44H33NO. The standard InChI is InChI=1S/C44H33NO/c1-2-10-37(11-3-1)45(38-23-18-31(19-24-38)35-16-14-30-8-4-5-9-34(30)28-35)39-25-20-32(21-26-39)36-17-15-33-22-27-43-44(41(33)29-36)40-12-6-7-13-42(40)46-43/h2,4-14,16,18-29H,1,3,15,17H2. The summed E-state index contributed by atoms with van der Waals surface area (Å²) in [4.78, 5) is 2.38. The molecule has 9 rings (SSSR count). The van der Waals surface area contributed by atoms with Crippen molar-refractivity contribution in [1.29, 1.82) is 0 Å². The largest absolute Gasteiger partial charge is 0.456 e. The first-order valence-corrected chi connectivity index (χ1v) is 16.3. The minimum atomic E-state index is 0.951. The van der Waals surface area contributed by atoms with Gasteiger partial charge in [0, 0.05) is 27.8 Å². The minimum Gasteiger partial charge on any atom is -0.456 e. The van der Waals surface area contributed by atoms with Crippen molar-refractivity contribution in [3.05, 3.63) is 168 Å². The smallest absolute Gasteiger partial charge is 0.136 e. The third-order valence-electron chi connectivity index (χ3n) is 9.59. The van der Waals surface area contributed by atoms with Crippen molar-refractivity contribution in [1.82, 2.24) is 0 Å². The molecule has 0 saturated carbocycles. The van der Waals surface area contributed by atoms with E-state index in [1.54, 1.807) is 0 Å². The van der Waals surface area contributed by atoms with E-state index in [4.69, 9.17) is 4.42 Å². The highest BCUT2D eigenvalue weighted by Crippen LogP contribution is 2.40. The molecule has 2 aliphatic rings. The first kappa shape index (κ1) is 26.8. The molecule has 0 spiro atoms. The third kappa shape index (κ3) is 4.66. The Morgan fingerprint density at radius 3 is 2.11 bits per heavy atom. The number of benzene rings is 6. The predicted octanol–water partition coefficient (Wildman–Crippen LogP) is 12.3. The molecule has 0 saturated heterocycles. The number of fused-ring (bicyclic) bond motifs is 6. The molecule has 6 aromatic carbocycles. The monoisotopic (exact) mass is 591 g/mol. The van der Waals surface area contributed by atoms with Crippen molar-refractivity contribution in [2.75, 3.05) is 4.90 Å². The molecule has 0 unspecified atom stereocenters. The van der Waals surface area contributed by atoms with Crippen molar-refractivity contribution >= 4 is 55.7 Å². The Morgan fingerprint density at radius 2 is 1.30 bits per heavy atom. The van der Waals surface area contributed by atoms with Crippen molar-refractivity contribution in [3.8, 4) is 11.1 Å². The van der Waals surface area contributed by atoms with Crippen molar-refractivity contribution in [2.45, 2.75) is 25.7 Å². The number of rotatable bonds is 5. The molecule has 0 atom stereocenters. The Morgan fingerprint density at radius 1 is 0.565 bits per heavy atom. The number of nitrogens with zero attached hydrogens (tertiary/aromatic N) is 1. The molecule has 0 radical (unpaired) electrons. The zero-order chi connectivity index (χ0) is 30.5. The van der Waals surface area contributed by atoms with E-state index in [1.807, 2.05) is 6.07 Å². The summed E-state index contributed by atoms with van der Waals surface area (Å²) >= 11 is 0. The van der Waals surface area contributed by atoms with Gasteiger partial charge in [-0.3, -0.25) is 0 Å². The lowest BCUT2D eigenvalue weighted by Crippen LogP contribution is -2.16. The fraction of sp³-hybridized carbons (Fsp3) is 0.0909. The molecule has 0 aliphatic heterocycles. The van der Waals surface area contributed by atoms with Crippen molar-refractivity contribution in [2.24, 2.45) is 0 Å². The van der Waals surface area contributed by atoms with Crippen LogP contribution in [0.25, 0.3) is 55.5 Å². The van der Waals surface area contributed by atoms with Gasteiger partial charge in [0.1, 0.15) is 11.2 Å². The van der Waals surface area contributed by atoms with E-state index in [1.165, 1.54) is 66.3 Å². The molecule has 2 nitrogen and oxygen atoms in total. The van der Waals surface area contributed by atoms with Gasteiger partial charge in [0.05, 0.1) is 0 Å². The number of furan rings is 1. The summed E-state index contributed by atoms with van der Waals surface area (Å²) in [5, 5.41) is 4.96. The molecule has 7 aromatic rings. The lowest BCUT2D eigenvalue weighted by Gasteiger charge is -2.28. The second-order valence-electron chi connectivity index (χ2n) is 12.4. The van der Waals surface area contributed by atoms with Gasteiger partial charge in [0.2, 0.25) is 0 Å². The fourth-order valence-corrected chi connectivity index (χ4v) is 7.22. The van der Waals surface area contributed by atoms with E-state index in [9.17, 15) is 0 Å². The van der Waals surface area contributed by atoms with Crippen LogP contribution in [-0.2, 0) is 6.42 Å². The van der Waals surface area contributed by atoms with Crippen LogP contribution in [0.15, 0.2) is 156 Å². The maximum absolute atomic E-state index is 6.21. The van der Waals surface area contributed by atoms with E-state index in [-0.39, 0.29) is 0 Å². The average Bonchev–Trinajstić information content (AvgIpc) is 3.52. The van der Waals surface area contributed by atoms with E-state index in [0.29, 0.717) is 0 Å². The SMILES string of the molecule is C1=CC(N(c2ccc(C3=Cc4c(ccc5oc6ccccc6c45)CC3)cc2)c2ccc(-c3ccc4ccccc4c3)cc2)=CCC1. The van der Waals surface area contributed by atoms with Gasteiger partial charge in [-0.05, 0) is 118 Å². The quantitative estimate of drug-likeness (QED) is 0.198. The van der Waals surface area contributed by atoms with Gasteiger partial charge < -0.3 is 9.32 Å². The topological polar surface area (TPSA) is 16.4 Å². The molecule has 2 aliphatic carbocycles. The van der Waals surface area contributed by atoms with Crippen LogP contribution >= 0.6 is 0 Å². The lowest BCUT2D eigenvalue weighted by atomic mass is 9.86. The Balaban J connectivity index is 1.06. The highest BCUT2D eigenvalue weighted by atomic mass is 16.3. The Kier molecular flexibility index (Phi) is 6.45. The number of aryl methyl sites for hydroxylation is 1. The summed E-state index contributed by atoms with van der Waals surface area (Å²) in [7, 11) is 0. The molecule has 0 fully saturated rings. The van der Waals surface area contributed by atoms with Crippen LogP contribution < -0.4 is 4.90 Å². The van der Waals surface area contributed by atoms with Gasteiger partial charge in [-0.15, -0.1) is 0 Å². The molecule has 0 bridgehead atoms. The molecule has 0 N–H and O–H groups in total. The van der Waals surface area contributed by atoms with Gasteiger partial charge in [-0.1, -0.05) is 103 Å². The van der Waals surface area contributed by atoms with Gasteiger partial charge in [0.15, 0.2) is 0 Å². The van der Waals surface area contributed by atoms with Crippen molar-refractivity contribution in [3.63, 3.8) is 0 Å². The predicted molar refractivity (Wildman–Crippen MR) is 194 cm³/mol. The van der Waals surface area contributed by atoms with E-state index >= 15 is 0 Å². The van der Waals surface area contributed by atoms with Gasteiger partial charge in [-0.2, -0.15) is 0 Å². The van der Waals surface area contributed by atoms with E-state index < -0.39 is 0 Å². The minimum absolute atomic E-state index is 0.951. The second kappa shape index (κ2) is 11.1. The molecule has 1 heterocycles. The van der Waals surface area contributed by atoms with Crippen LogP contribution in [0, 0.1) is 0 Å². The normalized spacial score (nSPS) is 14.3. The van der Waals surface area contributed by atoms with Crippen LogP contribution in [-0.4, -0.2) is 0 Å². The lowest BCUT2D eigenvalue weighted by molar-refractivity contribution is 0.668. The number of hydrogen-bond acceptors (Lipinski definition) is 2. The first-order valence-electron chi connectivity index (χ1n) is 16.3. The molecule has 46 heavy (non-hydrogen) atoms.